The summed E-state index contributed by atoms with van der Waals surface area (Å²) in [6, 6.07) is -1.76. The maximum atomic E-state index is 12.6. The van der Waals surface area contributed by atoms with Crippen molar-refractivity contribution in [2.75, 3.05) is 0 Å². The summed E-state index contributed by atoms with van der Waals surface area (Å²) in [7, 11) is -1.69. The molecule has 24 heavy (non-hydrogen) atoms. The summed E-state index contributed by atoms with van der Waals surface area (Å²) in [6.45, 7) is 13.3. The van der Waals surface area contributed by atoms with E-state index in [4.69, 9.17) is 10.5 Å². The number of carbonyl (C=O) groups excluding carboxylic acids is 2. The van der Waals surface area contributed by atoms with E-state index in [-0.39, 0.29) is 5.71 Å². The summed E-state index contributed by atoms with van der Waals surface area (Å²) in [5.41, 5.74) is 6.75. The van der Waals surface area contributed by atoms with Gasteiger partial charge in [-0.2, -0.15) is 5.10 Å². The Kier molecular flexibility index (Phi) is 5.87. The van der Waals surface area contributed by atoms with Gasteiger partial charge in [-0.1, -0.05) is 24.9 Å². The number of carbonyl (C=O) groups is 2. The highest BCUT2D eigenvalue weighted by Crippen LogP contribution is 2.16. The molecule has 2 amide bonds. The van der Waals surface area contributed by atoms with E-state index in [0.717, 1.165) is 5.32 Å². The Morgan fingerprint density at radius 1 is 1.38 bits per heavy atom. The Bertz CT molecular complexity index is 642. The zero-order chi connectivity index (χ0) is 18.7. The van der Waals surface area contributed by atoms with E-state index >= 15 is 0 Å². The molecule has 1 unspecified atom stereocenters. The van der Waals surface area contributed by atoms with Crippen LogP contribution in [0.3, 0.4) is 0 Å². The average Bonchev–Trinajstić information content (AvgIpc) is 2.83. The van der Waals surface area contributed by atoms with Crippen LogP contribution in [0.2, 0.25) is 19.6 Å². The minimum Gasteiger partial charge on any atom is -0.458 e. The highest BCUT2D eigenvalue weighted by molar-refractivity contribution is 6.88. The molecule has 0 radical (unpaired) electrons. The fourth-order valence-electron chi connectivity index (χ4n) is 1.78. The molecule has 1 rings (SSSR count). The van der Waals surface area contributed by atoms with Crippen molar-refractivity contribution in [2.45, 2.75) is 59.0 Å². The highest BCUT2D eigenvalue weighted by Gasteiger charge is 2.32. The van der Waals surface area contributed by atoms with E-state index in [1.807, 2.05) is 0 Å². The highest BCUT2D eigenvalue weighted by atomic mass is 28.3. The fraction of sp³-hybridized carbons (Fsp3) is 0.643. The minimum absolute atomic E-state index is 0.287. The molecule has 0 spiro atoms. The van der Waals surface area contributed by atoms with Gasteiger partial charge in [0.05, 0.1) is 11.0 Å². The zero-order valence-electron chi connectivity index (χ0n) is 15.2. The number of urea groups is 1. The van der Waals surface area contributed by atoms with Crippen molar-refractivity contribution in [1.29, 1.82) is 0 Å². The molecule has 0 saturated heterocycles. The van der Waals surface area contributed by atoms with Gasteiger partial charge >= 0.3 is 12.0 Å². The topological polar surface area (TPSA) is 124 Å². The zero-order valence-corrected chi connectivity index (χ0v) is 16.2. The van der Waals surface area contributed by atoms with Gasteiger partial charge in [0.2, 0.25) is 0 Å². The third kappa shape index (κ3) is 5.76. The first kappa shape index (κ1) is 19.8. The Hall–Kier alpha value is -2.23. The van der Waals surface area contributed by atoms with Crippen LogP contribution in [-0.4, -0.2) is 46.4 Å². The largest absolute Gasteiger partial charge is 0.458 e. The Morgan fingerprint density at radius 3 is 2.38 bits per heavy atom. The summed E-state index contributed by atoms with van der Waals surface area (Å²) in [6.07, 6.45) is 1.73. The molecule has 0 aliphatic heterocycles. The predicted molar refractivity (Wildman–Crippen MR) is 93.7 cm³/mol. The van der Waals surface area contributed by atoms with E-state index in [0.29, 0.717) is 0 Å². The number of hydrogen-bond donors (Lipinski definition) is 2. The van der Waals surface area contributed by atoms with Crippen molar-refractivity contribution >= 4 is 31.1 Å². The maximum Gasteiger partial charge on any atom is 0.337 e. The summed E-state index contributed by atoms with van der Waals surface area (Å²) < 4.78 is 6.84. The molecule has 3 N–H and O–H groups in total. The van der Waals surface area contributed by atoms with Gasteiger partial charge in [0.25, 0.3) is 0 Å². The van der Waals surface area contributed by atoms with Crippen LogP contribution in [0, 0.1) is 0 Å². The number of hydrazone groups is 1. The molecule has 134 valence electrons. The van der Waals surface area contributed by atoms with Crippen LogP contribution < -0.4 is 16.5 Å². The second kappa shape index (κ2) is 7.12. The van der Waals surface area contributed by atoms with Crippen molar-refractivity contribution in [2.24, 2.45) is 10.8 Å². The molecule has 0 saturated carbocycles. The van der Waals surface area contributed by atoms with Crippen molar-refractivity contribution in [1.82, 2.24) is 20.4 Å². The minimum atomic E-state index is -1.69. The third-order valence-corrected chi connectivity index (χ3v) is 4.68. The van der Waals surface area contributed by atoms with E-state index < -0.39 is 31.7 Å². The van der Waals surface area contributed by atoms with Gasteiger partial charge in [0.15, 0.2) is 6.04 Å². The number of esters is 1. The number of hydrogen-bond acceptors (Lipinski definition) is 6. The molecule has 0 aromatic carbocycles. The summed E-state index contributed by atoms with van der Waals surface area (Å²) in [5.74, 6) is -0.540. The van der Waals surface area contributed by atoms with E-state index in [1.165, 1.54) is 4.68 Å². The first-order valence-corrected chi connectivity index (χ1v) is 11.1. The molecule has 1 aromatic rings. The summed E-state index contributed by atoms with van der Waals surface area (Å²) >= 11 is 0. The first-order valence-electron chi connectivity index (χ1n) is 7.56. The van der Waals surface area contributed by atoms with Crippen molar-refractivity contribution < 1.29 is 14.3 Å². The second-order valence-corrected chi connectivity index (χ2v) is 12.5. The van der Waals surface area contributed by atoms with Gasteiger partial charge in [-0.3, -0.25) is 0 Å². The standard InChI is InChI=1S/C14H26N6O3Si/c1-9(16-18-13(15)22)11(12(21)23-14(2,3)4)20-8-10(17-19-20)24(5,6)7/h8,11H,1-7H3,(H3,15,18,22)/b16-9+. The molecule has 1 atom stereocenters. The monoisotopic (exact) mass is 354 g/mol. The summed E-state index contributed by atoms with van der Waals surface area (Å²) in [5, 5.41) is 12.9. The predicted octanol–water partition coefficient (Wildman–Crippen LogP) is 0.750. The lowest BCUT2D eigenvalue weighted by Gasteiger charge is -2.23. The lowest BCUT2D eigenvalue weighted by atomic mass is 10.1. The Balaban J connectivity index is 3.22. The van der Waals surface area contributed by atoms with Gasteiger partial charge in [-0.15, -0.1) is 5.10 Å². The molecule has 0 aliphatic rings. The van der Waals surface area contributed by atoms with Gasteiger partial charge in [-0.25, -0.2) is 19.7 Å². The van der Waals surface area contributed by atoms with Crippen LogP contribution in [0.4, 0.5) is 4.79 Å². The molecule has 9 nitrogen and oxygen atoms in total. The lowest BCUT2D eigenvalue weighted by molar-refractivity contribution is -0.157. The SMILES string of the molecule is C/C(=N\NC(N)=O)C(C(=O)OC(C)(C)C)n1cc([Si](C)(C)C)nn1. The third-order valence-electron chi connectivity index (χ3n) is 2.91. The number of aromatic nitrogens is 3. The normalized spacial score (nSPS) is 14.2. The Morgan fingerprint density at radius 2 is 1.96 bits per heavy atom. The molecular formula is C14H26N6O3Si. The molecule has 0 aliphatic carbocycles. The molecule has 0 fully saturated rings. The number of nitrogens with one attached hydrogen (secondary N) is 1. The van der Waals surface area contributed by atoms with Crippen LogP contribution in [0.1, 0.15) is 33.7 Å². The van der Waals surface area contributed by atoms with E-state index in [2.05, 4.69) is 40.5 Å². The molecule has 1 aromatic heterocycles. The Labute approximate surface area is 142 Å². The van der Waals surface area contributed by atoms with Crippen molar-refractivity contribution in [3.8, 4) is 0 Å². The van der Waals surface area contributed by atoms with Crippen molar-refractivity contribution in [3.05, 3.63) is 6.20 Å². The fourth-order valence-corrected chi connectivity index (χ4v) is 2.64. The van der Waals surface area contributed by atoms with Crippen LogP contribution in [0.15, 0.2) is 11.3 Å². The number of nitrogens with two attached hydrogens (primary N) is 1. The second-order valence-electron chi connectivity index (χ2n) is 7.50. The van der Waals surface area contributed by atoms with Gasteiger partial charge < -0.3 is 10.5 Å². The van der Waals surface area contributed by atoms with Gasteiger partial charge in [0, 0.05) is 6.20 Å². The maximum absolute atomic E-state index is 12.6. The molecule has 0 bridgehead atoms. The van der Waals surface area contributed by atoms with Crippen LogP contribution in [-0.2, 0) is 9.53 Å². The van der Waals surface area contributed by atoms with E-state index in [9.17, 15) is 9.59 Å². The molecular weight excluding hydrogens is 328 g/mol. The van der Waals surface area contributed by atoms with Gasteiger partial charge in [-0.05, 0) is 27.7 Å². The molecule has 1 heterocycles. The quantitative estimate of drug-likeness (QED) is 0.349. The van der Waals surface area contributed by atoms with Crippen LogP contribution in [0.25, 0.3) is 0 Å². The van der Waals surface area contributed by atoms with Gasteiger partial charge in [0.1, 0.15) is 13.7 Å². The van der Waals surface area contributed by atoms with Crippen LogP contribution >= 0.6 is 0 Å². The number of nitrogens with zero attached hydrogens (tertiary/aromatic N) is 4. The first-order chi connectivity index (χ1) is 10.8. The number of amides is 2. The summed E-state index contributed by atoms with van der Waals surface area (Å²) in [4.78, 5) is 23.4. The smallest absolute Gasteiger partial charge is 0.337 e. The number of primary amides is 1. The lowest BCUT2D eigenvalue weighted by Crippen LogP contribution is -2.39. The average molecular weight is 354 g/mol. The number of rotatable bonds is 5. The van der Waals surface area contributed by atoms with Crippen LogP contribution in [0.5, 0.6) is 0 Å². The van der Waals surface area contributed by atoms with E-state index in [1.54, 1.807) is 33.9 Å². The molecule has 10 heteroatoms. The van der Waals surface area contributed by atoms with Crippen molar-refractivity contribution in [3.63, 3.8) is 0 Å². The number of ether oxygens (including phenoxy) is 1.